The van der Waals surface area contributed by atoms with Crippen LogP contribution >= 0.6 is 22.9 Å². The van der Waals surface area contributed by atoms with Crippen LogP contribution in [-0.4, -0.2) is 53.6 Å². The Morgan fingerprint density at radius 2 is 1.91 bits per heavy atom. The first-order valence-corrected chi connectivity index (χ1v) is 11.1. The van der Waals surface area contributed by atoms with Crippen LogP contribution in [0, 0.1) is 6.92 Å². The van der Waals surface area contributed by atoms with Gasteiger partial charge in [0.1, 0.15) is 10.7 Å². The minimum atomic E-state index is -0.583. The van der Waals surface area contributed by atoms with Crippen LogP contribution in [0.5, 0.6) is 0 Å². The lowest BCUT2D eigenvalue weighted by Crippen LogP contribution is -2.21. The molecule has 0 unspecified atom stereocenters. The van der Waals surface area contributed by atoms with Gasteiger partial charge in [0.2, 0.25) is 0 Å². The van der Waals surface area contributed by atoms with Crippen molar-refractivity contribution in [1.82, 2.24) is 15.1 Å². The van der Waals surface area contributed by atoms with Crippen LogP contribution in [0.1, 0.15) is 49.4 Å². The number of halogens is 1. The van der Waals surface area contributed by atoms with E-state index in [9.17, 15) is 14.4 Å². The minimum Gasteiger partial charge on any atom is -0.462 e. The Hall–Kier alpha value is -3.17. The number of H-pyrrole nitrogens is 1. The number of esters is 1. The zero-order chi connectivity index (χ0) is 23.4. The van der Waals surface area contributed by atoms with Crippen molar-refractivity contribution in [3.05, 3.63) is 57.1 Å². The monoisotopic (exact) mass is 474 g/mol. The first-order chi connectivity index (χ1) is 15.2. The van der Waals surface area contributed by atoms with Crippen molar-refractivity contribution in [2.24, 2.45) is 0 Å². The predicted molar refractivity (Wildman–Crippen MR) is 125 cm³/mol. The fourth-order valence-electron chi connectivity index (χ4n) is 2.90. The number of thiophene rings is 1. The van der Waals surface area contributed by atoms with E-state index in [4.69, 9.17) is 16.3 Å². The Morgan fingerprint density at radius 1 is 1.22 bits per heavy atom. The highest BCUT2D eigenvalue weighted by atomic mass is 35.5. The molecule has 0 aliphatic heterocycles. The molecule has 0 aliphatic rings. The molecule has 0 spiro atoms. The second-order valence-electron chi connectivity index (χ2n) is 7.22. The van der Waals surface area contributed by atoms with Gasteiger partial charge in [0.15, 0.2) is 0 Å². The highest BCUT2D eigenvalue weighted by Gasteiger charge is 2.28. The zero-order valence-electron chi connectivity index (χ0n) is 18.1. The summed E-state index contributed by atoms with van der Waals surface area (Å²) in [7, 11) is 3.25. The number of hydrogen-bond acceptors (Lipinski definition) is 6. The number of ether oxygens (including phenoxy) is 1. The molecule has 0 aliphatic carbocycles. The number of hydrogen-bond donors (Lipinski definition) is 2. The Bertz CT molecular complexity index is 1150. The van der Waals surface area contributed by atoms with Gasteiger partial charge in [-0.25, -0.2) is 4.79 Å². The SMILES string of the molecule is CCCOC(=O)c1c(NC(=O)c2cc(-c3ccc(Cl)cc3)n[nH]2)sc(C(=O)N(C)C)c1C. The summed E-state index contributed by atoms with van der Waals surface area (Å²) in [6, 6.07) is 8.65. The summed E-state index contributed by atoms with van der Waals surface area (Å²) in [5.74, 6) is -1.34. The summed E-state index contributed by atoms with van der Waals surface area (Å²) < 4.78 is 5.27. The van der Waals surface area contributed by atoms with Gasteiger partial charge in [0.05, 0.1) is 22.7 Å². The van der Waals surface area contributed by atoms with E-state index < -0.39 is 11.9 Å². The fraction of sp³-hybridized carbons (Fsp3) is 0.273. The van der Waals surface area contributed by atoms with E-state index in [0.29, 0.717) is 27.6 Å². The average Bonchev–Trinajstić information content (AvgIpc) is 3.37. The largest absolute Gasteiger partial charge is 0.462 e. The zero-order valence-corrected chi connectivity index (χ0v) is 19.7. The van der Waals surface area contributed by atoms with Crippen molar-refractivity contribution in [2.75, 3.05) is 26.0 Å². The normalized spacial score (nSPS) is 10.7. The molecule has 0 bridgehead atoms. The molecular weight excluding hydrogens is 452 g/mol. The highest BCUT2D eigenvalue weighted by Crippen LogP contribution is 2.35. The molecule has 0 atom stereocenters. The summed E-state index contributed by atoms with van der Waals surface area (Å²) in [4.78, 5) is 39.9. The third-order valence-electron chi connectivity index (χ3n) is 4.58. The first kappa shape index (κ1) is 23.5. The number of nitrogens with zero attached hydrogens (tertiary/aromatic N) is 2. The lowest BCUT2D eigenvalue weighted by molar-refractivity contribution is 0.0506. The van der Waals surface area contributed by atoms with E-state index in [1.165, 1.54) is 4.90 Å². The van der Waals surface area contributed by atoms with Crippen molar-refractivity contribution in [2.45, 2.75) is 20.3 Å². The molecule has 8 nitrogen and oxygen atoms in total. The van der Waals surface area contributed by atoms with Crippen LogP contribution in [0.25, 0.3) is 11.3 Å². The van der Waals surface area contributed by atoms with Crippen LogP contribution in [0.15, 0.2) is 30.3 Å². The number of aromatic nitrogens is 2. The molecule has 32 heavy (non-hydrogen) atoms. The molecule has 2 N–H and O–H groups in total. The molecule has 2 amide bonds. The Labute approximate surface area is 194 Å². The number of aromatic amines is 1. The number of carbonyl (C=O) groups is 3. The van der Waals surface area contributed by atoms with E-state index in [1.807, 2.05) is 6.92 Å². The summed E-state index contributed by atoms with van der Waals surface area (Å²) in [6.45, 7) is 3.79. The van der Waals surface area contributed by atoms with Gasteiger partial charge in [-0.2, -0.15) is 5.10 Å². The summed E-state index contributed by atoms with van der Waals surface area (Å²) in [5.41, 5.74) is 2.21. The quantitative estimate of drug-likeness (QED) is 0.486. The van der Waals surface area contributed by atoms with Gasteiger partial charge >= 0.3 is 5.97 Å². The molecule has 1 aromatic carbocycles. The van der Waals surface area contributed by atoms with Gasteiger partial charge < -0.3 is 15.0 Å². The van der Waals surface area contributed by atoms with Crippen molar-refractivity contribution in [1.29, 1.82) is 0 Å². The first-order valence-electron chi connectivity index (χ1n) is 9.87. The van der Waals surface area contributed by atoms with E-state index in [1.54, 1.807) is 51.4 Å². The Kier molecular flexibility index (Phi) is 7.32. The minimum absolute atomic E-state index is 0.180. The van der Waals surface area contributed by atoms with Gasteiger partial charge in [-0.3, -0.25) is 14.7 Å². The van der Waals surface area contributed by atoms with E-state index in [-0.39, 0.29) is 28.8 Å². The maximum atomic E-state index is 12.9. The molecule has 168 valence electrons. The number of rotatable bonds is 7. The van der Waals surface area contributed by atoms with Gasteiger partial charge in [0, 0.05) is 24.7 Å². The molecule has 0 radical (unpaired) electrons. The highest BCUT2D eigenvalue weighted by molar-refractivity contribution is 7.18. The summed E-state index contributed by atoms with van der Waals surface area (Å²) >= 11 is 6.96. The second kappa shape index (κ2) is 9.97. The van der Waals surface area contributed by atoms with Crippen LogP contribution in [-0.2, 0) is 4.74 Å². The molecular formula is C22H23ClN4O4S. The van der Waals surface area contributed by atoms with Gasteiger partial charge in [0.25, 0.3) is 11.8 Å². The van der Waals surface area contributed by atoms with Crippen molar-refractivity contribution < 1.29 is 19.1 Å². The van der Waals surface area contributed by atoms with Crippen LogP contribution in [0.4, 0.5) is 5.00 Å². The molecule has 0 fully saturated rings. The maximum Gasteiger partial charge on any atom is 0.341 e. The molecule has 3 rings (SSSR count). The lowest BCUT2D eigenvalue weighted by Gasteiger charge is -2.09. The smallest absolute Gasteiger partial charge is 0.341 e. The van der Waals surface area contributed by atoms with Crippen molar-refractivity contribution in [3.63, 3.8) is 0 Å². The lowest BCUT2D eigenvalue weighted by atomic mass is 10.1. The van der Waals surface area contributed by atoms with Gasteiger partial charge in [-0.1, -0.05) is 30.7 Å². The van der Waals surface area contributed by atoms with E-state index in [2.05, 4.69) is 15.5 Å². The molecule has 0 saturated heterocycles. The van der Waals surface area contributed by atoms with Gasteiger partial charge in [-0.05, 0) is 37.1 Å². The molecule has 2 heterocycles. The van der Waals surface area contributed by atoms with Crippen LogP contribution < -0.4 is 5.32 Å². The Morgan fingerprint density at radius 3 is 2.53 bits per heavy atom. The second-order valence-corrected chi connectivity index (χ2v) is 8.68. The fourth-order valence-corrected chi connectivity index (χ4v) is 4.24. The number of nitrogens with one attached hydrogen (secondary N) is 2. The number of amides is 2. The standard InChI is InChI=1S/C22H23ClN4O4S/c1-5-10-31-22(30)17-12(2)18(21(29)27(3)4)32-20(17)24-19(28)16-11-15(25-26-16)13-6-8-14(23)9-7-13/h6-9,11H,5,10H2,1-4H3,(H,24,28)(H,25,26). The molecule has 0 saturated carbocycles. The molecule has 10 heteroatoms. The van der Waals surface area contributed by atoms with Gasteiger partial charge in [-0.15, -0.1) is 11.3 Å². The number of anilines is 1. The third kappa shape index (κ3) is 5.00. The average molecular weight is 475 g/mol. The van der Waals surface area contributed by atoms with Crippen LogP contribution in [0.3, 0.4) is 0 Å². The van der Waals surface area contributed by atoms with E-state index in [0.717, 1.165) is 16.9 Å². The number of carbonyl (C=O) groups excluding carboxylic acids is 3. The topological polar surface area (TPSA) is 104 Å². The molecule has 2 aromatic heterocycles. The number of benzene rings is 1. The predicted octanol–water partition coefficient (Wildman–Crippen LogP) is 4.62. The third-order valence-corrected chi connectivity index (χ3v) is 6.03. The van der Waals surface area contributed by atoms with Crippen molar-refractivity contribution >= 4 is 45.7 Å². The van der Waals surface area contributed by atoms with Crippen molar-refractivity contribution in [3.8, 4) is 11.3 Å². The molecule has 3 aromatic rings. The summed E-state index contributed by atoms with van der Waals surface area (Å²) in [6.07, 6.45) is 0.654. The van der Waals surface area contributed by atoms with E-state index >= 15 is 0 Å². The Balaban J connectivity index is 1.90. The maximum absolute atomic E-state index is 12.9. The van der Waals surface area contributed by atoms with Crippen LogP contribution in [0.2, 0.25) is 5.02 Å². The summed E-state index contributed by atoms with van der Waals surface area (Å²) in [5, 5.41) is 10.5.